The summed E-state index contributed by atoms with van der Waals surface area (Å²) in [6.07, 6.45) is 1.46. The zero-order valence-electron chi connectivity index (χ0n) is 11.3. The van der Waals surface area contributed by atoms with Gasteiger partial charge < -0.3 is 4.74 Å². The molecule has 0 fully saturated rings. The van der Waals surface area contributed by atoms with E-state index in [1.165, 1.54) is 10.9 Å². The van der Waals surface area contributed by atoms with Crippen molar-refractivity contribution in [2.24, 2.45) is 0 Å². The second kappa shape index (κ2) is 6.17. The summed E-state index contributed by atoms with van der Waals surface area (Å²) >= 11 is 3.33. The number of esters is 1. The second-order valence-corrected chi connectivity index (χ2v) is 5.61. The Labute approximate surface area is 124 Å². The summed E-state index contributed by atoms with van der Waals surface area (Å²) in [4.78, 5) is 28.0. The zero-order chi connectivity index (χ0) is 14.7. The molecule has 0 aliphatic heterocycles. The topological polar surface area (TPSA) is 61.2 Å². The Morgan fingerprint density at radius 3 is 2.90 bits per heavy atom. The normalized spacial score (nSPS) is 11.0. The number of aryl methyl sites for hydroxylation is 1. The van der Waals surface area contributed by atoms with Crippen molar-refractivity contribution >= 4 is 32.8 Å². The fourth-order valence-electron chi connectivity index (χ4n) is 1.82. The average Bonchev–Trinajstić information content (AvgIpc) is 2.38. The lowest BCUT2D eigenvalue weighted by molar-refractivity contribution is -0.147. The Morgan fingerprint density at radius 2 is 2.20 bits per heavy atom. The van der Waals surface area contributed by atoms with E-state index in [1.807, 2.05) is 6.07 Å². The average molecular weight is 339 g/mol. The van der Waals surface area contributed by atoms with E-state index in [1.54, 1.807) is 26.0 Å². The van der Waals surface area contributed by atoms with Crippen molar-refractivity contribution in [3.05, 3.63) is 39.4 Å². The summed E-state index contributed by atoms with van der Waals surface area (Å²) < 4.78 is 7.28. The fourth-order valence-corrected chi connectivity index (χ4v) is 2.19. The van der Waals surface area contributed by atoms with Crippen LogP contribution < -0.4 is 5.56 Å². The second-order valence-electron chi connectivity index (χ2n) is 4.69. The van der Waals surface area contributed by atoms with Crippen molar-refractivity contribution < 1.29 is 9.53 Å². The van der Waals surface area contributed by atoms with Gasteiger partial charge in [0.05, 0.1) is 29.8 Å². The molecule has 0 atom stereocenters. The summed E-state index contributed by atoms with van der Waals surface area (Å²) in [6, 6.07) is 5.34. The summed E-state index contributed by atoms with van der Waals surface area (Å²) in [5, 5.41) is 0.527. The highest BCUT2D eigenvalue weighted by atomic mass is 79.9. The number of carbonyl (C=O) groups excluding carboxylic acids is 1. The van der Waals surface area contributed by atoms with Gasteiger partial charge in [0.2, 0.25) is 0 Å². The Morgan fingerprint density at radius 1 is 1.45 bits per heavy atom. The standard InChI is InChI=1S/C14H15BrN2O3/c1-9(2)20-13(18)5-6-17-8-16-12-4-3-10(15)7-11(12)14(17)19/h3-4,7-9H,5-6H2,1-2H3. The van der Waals surface area contributed by atoms with E-state index in [0.717, 1.165) is 4.47 Å². The molecular formula is C14H15BrN2O3. The van der Waals surface area contributed by atoms with E-state index in [9.17, 15) is 9.59 Å². The molecule has 106 valence electrons. The number of benzene rings is 1. The van der Waals surface area contributed by atoms with Crippen LogP contribution in [-0.4, -0.2) is 21.6 Å². The van der Waals surface area contributed by atoms with Gasteiger partial charge >= 0.3 is 5.97 Å². The minimum atomic E-state index is -0.318. The van der Waals surface area contributed by atoms with Crippen LogP contribution in [0.4, 0.5) is 0 Å². The van der Waals surface area contributed by atoms with E-state index >= 15 is 0 Å². The number of hydrogen-bond donors (Lipinski definition) is 0. The molecule has 1 heterocycles. The lowest BCUT2D eigenvalue weighted by Crippen LogP contribution is -2.23. The van der Waals surface area contributed by atoms with Crippen LogP contribution in [0.2, 0.25) is 0 Å². The van der Waals surface area contributed by atoms with E-state index in [2.05, 4.69) is 20.9 Å². The highest BCUT2D eigenvalue weighted by molar-refractivity contribution is 9.10. The van der Waals surface area contributed by atoms with Gasteiger partial charge in [-0.1, -0.05) is 15.9 Å². The molecule has 1 aromatic heterocycles. The summed E-state index contributed by atoms with van der Waals surface area (Å²) in [7, 11) is 0. The quantitative estimate of drug-likeness (QED) is 0.803. The zero-order valence-corrected chi connectivity index (χ0v) is 12.9. The van der Waals surface area contributed by atoms with Gasteiger partial charge in [-0.25, -0.2) is 4.98 Å². The number of aromatic nitrogens is 2. The maximum atomic E-state index is 12.3. The third-order valence-corrected chi connectivity index (χ3v) is 3.20. The third kappa shape index (κ3) is 3.45. The van der Waals surface area contributed by atoms with Gasteiger partial charge in [0.15, 0.2) is 0 Å². The van der Waals surface area contributed by atoms with Crippen LogP contribution in [0.1, 0.15) is 20.3 Å². The molecule has 2 rings (SSSR count). The largest absolute Gasteiger partial charge is 0.463 e. The van der Waals surface area contributed by atoms with Crippen LogP contribution >= 0.6 is 15.9 Å². The first-order valence-electron chi connectivity index (χ1n) is 6.31. The molecule has 0 aliphatic carbocycles. The Kier molecular flexibility index (Phi) is 4.54. The van der Waals surface area contributed by atoms with Crippen LogP contribution in [0.3, 0.4) is 0 Å². The van der Waals surface area contributed by atoms with Crippen LogP contribution in [0, 0.1) is 0 Å². The van der Waals surface area contributed by atoms with E-state index in [4.69, 9.17) is 4.74 Å². The molecule has 0 saturated carbocycles. The molecule has 5 nitrogen and oxygen atoms in total. The van der Waals surface area contributed by atoms with Crippen molar-refractivity contribution in [1.82, 2.24) is 9.55 Å². The molecule has 0 bridgehead atoms. The molecule has 0 radical (unpaired) electrons. The maximum Gasteiger partial charge on any atom is 0.307 e. The predicted molar refractivity (Wildman–Crippen MR) is 79.5 cm³/mol. The molecule has 1 aromatic carbocycles. The third-order valence-electron chi connectivity index (χ3n) is 2.71. The number of fused-ring (bicyclic) bond motifs is 1. The maximum absolute atomic E-state index is 12.3. The first kappa shape index (κ1) is 14.7. The highest BCUT2D eigenvalue weighted by Gasteiger charge is 2.09. The number of rotatable bonds is 4. The minimum absolute atomic E-state index is 0.148. The van der Waals surface area contributed by atoms with Gasteiger partial charge in [-0.2, -0.15) is 0 Å². The van der Waals surface area contributed by atoms with Crippen molar-refractivity contribution in [3.8, 4) is 0 Å². The van der Waals surface area contributed by atoms with Crippen molar-refractivity contribution in [2.45, 2.75) is 32.9 Å². The van der Waals surface area contributed by atoms with Crippen LogP contribution in [0.25, 0.3) is 10.9 Å². The lowest BCUT2D eigenvalue weighted by atomic mass is 10.2. The SMILES string of the molecule is CC(C)OC(=O)CCn1cnc2ccc(Br)cc2c1=O. The first-order valence-corrected chi connectivity index (χ1v) is 7.11. The summed E-state index contributed by atoms with van der Waals surface area (Å²) in [5.41, 5.74) is 0.479. The van der Waals surface area contributed by atoms with Crippen molar-refractivity contribution in [1.29, 1.82) is 0 Å². The smallest absolute Gasteiger partial charge is 0.307 e. The molecule has 2 aromatic rings. The number of halogens is 1. The Balaban J connectivity index is 2.21. The van der Waals surface area contributed by atoms with E-state index in [-0.39, 0.29) is 30.6 Å². The predicted octanol–water partition coefficient (Wildman–Crippen LogP) is 2.50. The van der Waals surface area contributed by atoms with Crippen LogP contribution in [0.5, 0.6) is 0 Å². The molecular weight excluding hydrogens is 324 g/mol. The number of hydrogen-bond acceptors (Lipinski definition) is 4. The first-order chi connectivity index (χ1) is 9.47. The van der Waals surface area contributed by atoms with Gasteiger partial charge in [0, 0.05) is 11.0 Å². The van der Waals surface area contributed by atoms with Crippen molar-refractivity contribution in [2.75, 3.05) is 0 Å². The molecule has 20 heavy (non-hydrogen) atoms. The fraction of sp³-hybridized carbons (Fsp3) is 0.357. The van der Waals surface area contributed by atoms with Gasteiger partial charge in [0.25, 0.3) is 5.56 Å². The van der Waals surface area contributed by atoms with Crippen LogP contribution in [-0.2, 0) is 16.1 Å². The summed E-state index contributed by atoms with van der Waals surface area (Å²) in [5.74, 6) is -0.318. The van der Waals surface area contributed by atoms with Crippen LogP contribution in [0.15, 0.2) is 33.8 Å². The summed E-state index contributed by atoms with van der Waals surface area (Å²) in [6.45, 7) is 3.85. The van der Waals surface area contributed by atoms with Gasteiger partial charge in [-0.15, -0.1) is 0 Å². The molecule has 0 unspecified atom stereocenters. The molecule has 0 amide bonds. The van der Waals surface area contributed by atoms with E-state index in [0.29, 0.717) is 10.9 Å². The lowest BCUT2D eigenvalue weighted by Gasteiger charge is -2.09. The Hall–Kier alpha value is -1.69. The van der Waals surface area contributed by atoms with Gasteiger partial charge in [-0.05, 0) is 32.0 Å². The van der Waals surface area contributed by atoms with E-state index < -0.39 is 0 Å². The number of nitrogens with zero attached hydrogens (tertiary/aromatic N) is 2. The monoisotopic (exact) mass is 338 g/mol. The van der Waals surface area contributed by atoms with Crippen molar-refractivity contribution in [3.63, 3.8) is 0 Å². The molecule has 0 saturated heterocycles. The molecule has 0 spiro atoms. The molecule has 6 heteroatoms. The molecule has 0 N–H and O–H groups in total. The molecule has 0 aliphatic rings. The number of ether oxygens (including phenoxy) is 1. The Bertz CT molecular complexity index is 694. The minimum Gasteiger partial charge on any atom is -0.463 e. The number of carbonyl (C=O) groups is 1. The van der Waals surface area contributed by atoms with Gasteiger partial charge in [0.1, 0.15) is 0 Å². The van der Waals surface area contributed by atoms with Gasteiger partial charge in [-0.3, -0.25) is 14.2 Å². The highest BCUT2D eigenvalue weighted by Crippen LogP contribution is 2.14.